The van der Waals surface area contributed by atoms with Gasteiger partial charge in [0.1, 0.15) is 13.5 Å². The van der Waals surface area contributed by atoms with Gasteiger partial charge >= 0.3 is 0 Å². The Labute approximate surface area is 101 Å². The van der Waals surface area contributed by atoms with Crippen molar-refractivity contribution in [2.45, 2.75) is 58.2 Å². The van der Waals surface area contributed by atoms with Crippen LogP contribution in [0.1, 0.15) is 38.5 Å². The highest BCUT2D eigenvalue weighted by atomic mass is 28.3. The van der Waals surface area contributed by atoms with E-state index >= 15 is 0 Å². The molecule has 0 amide bonds. The first-order valence-corrected chi connectivity index (χ1v) is 10.1. The monoisotopic (exact) mass is 238 g/mol. The molecule has 0 aromatic rings. The molecule has 0 heterocycles. The number of allylic oxidation sites excluding steroid dienone is 1. The van der Waals surface area contributed by atoms with Gasteiger partial charge in [-0.3, -0.25) is 0 Å². The van der Waals surface area contributed by atoms with E-state index in [-0.39, 0.29) is 0 Å². The summed E-state index contributed by atoms with van der Waals surface area (Å²) in [4.78, 5) is 12.1. The summed E-state index contributed by atoms with van der Waals surface area (Å²) in [6, 6.07) is 0. The topological polar surface area (TPSA) is 17.1 Å². The van der Waals surface area contributed by atoms with Crippen LogP contribution in [0.4, 0.5) is 0 Å². The fourth-order valence-electron chi connectivity index (χ4n) is 2.53. The van der Waals surface area contributed by atoms with E-state index in [4.69, 9.17) is 0 Å². The van der Waals surface area contributed by atoms with Crippen molar-refractivity contribution < 1.29 is 4.79 Å². The Bertz CT molecular complexity index is 246. The summed E-state index contributed by atoms with van der Waals surface area (Å²) in [7, 11) is -1.59. The number of carbonyl (C=O) groups is 1. The minimum absolute atomic E-state index is 0.444. The maximum absolute atomic E-state index is 12.1. The Morgan fingerprint density at radius 1 is 1.31 bits per heavy atom. The molecule has 0 aromatic heterocycles. The van der Waals surface area contributed by atoms with Crippen molar-refractivity contribution in [3.63, 3.8) is 0 Å². The van der Waals surface area contributed by atoms with Crippen LogP contribution >= 0.6 is 0 Å². The quantitative estimate of drug-likeness (QED) is 0.518. The second-order valence-corrected chi connectivity index (χ2v) is 11.2. The summed E-state index contributed by atoms with van der Waals surface area (Å²) in [5.41, 5.74) is 0. The molecule has 2 heteroatoms. The molecule has 0 radical (unpaired) electrons. The van der Waals surface area contributed by atoms with Gasteiger partial charge in [-0.2, -0.15) is 0 Å². The van der Waals surface area contributed by atoms with Crippen molar-refractivity contribution >= 4 is 13.5 Å². The molecular weight excluding hydrogens is 212 g/mol. The molecule has 1 nitrogen and oxygen atoms in total. The zero-order valence-corrected chi connectivity index (χ0v) is 12.1. The molecule has 0 saturated heterocycles. The molecule has 0 N–H and O–H groups in total. The number of hydrogen-bond acceptors (Lipinski definition) is 1. The van der Waals surface area contributed by atoms with Crippen LogP contribution in [-0.4, -0.2) is 13.5 Å². The van der Waals surface area contributed by atoms with Crippen LogP contribution in [-0.2, 0) is 4.79 Å². The van der Waals surface area contributed by atoms with Gasteiger partial charge < -0.3 is 4.79 Å². The molecule has 0 spiro atoms. The summed E-state index contributed by atoms with van der Waals surface area (Å²) in [6.45, 7) is 10.4. The average Bonchev–Trinajstić information content (AvgIpc) is 2.25. The third kappa shape index (κ3) is 3.89. The Morgan fingerprint density at radius 2 is 1.88 bits per heavy atom. The summed E-state index contributed by atoms with van der Waals surface area (Å²) >= 11 is 0. The standard InChI is InChI=1S/C14H26OSi/c1-5-12(11-14(15)16(2,3)4)13-9-7-6-8-10-13/h5,12-13H,1,6-11H2,2-4H3/t12-/m1/s1. The highest BCUT2D eigenvalue weighted by Gasteiger charge is 2.29. The van der Waals surface area contributed by atoms with Crippen LogP contribution in [0.25, 0.3) is 0 Å². The summed E-state index contributed by atoms with van der Waals surface area (Å²) in [5.74, 6) is 1.17. The number of hydrogen-bond donors (Lipinski definition) is 0. The molecule has 1 aliphatic carbocycles. The van der Waals surface area contributed by atoms with Crippen molar-refractivity contribution in [2.75, 3.05) is 0 Å². The molecule has 1 aliphatic rings. The lowest BCUT2D eigenvalue weighted by atomic mass is 9.79. The first-order valence-electron chi connectivity index (χ1n) is 6.61. The van der Waals surface area contributed by atoms with Gasteiger partial charge in [-0.25, -0.2) is 0 Å². The predicted molar refractivity (Wildman–Crippen MR) is 73.2 cm³/mol. The van der Waals surface area contributed by atoms with E-state index in [1.165, 1.54) is 32.1 Å². The normalized spacial score (nSPS) is 20.4. The van der Waals surface area contributed by atoms with Crippen molar-refractivity contribution in [3.05, 3.63) is 12.7 Å². The van der Waals surface area contributed by atoms with E-state index < -0.39 is 8.07 Å². The van der Waals surface area contributed by atoms with E-state index in [9.17, 15) is 4.79 Å². The molecule has 1 saturated carbocycles. The Morgan fingerprint density at radius 3 is 2.31 bits per heavy atom. The average molecular weight is 238 g/mol. The fraction of sp³-hybridized carbons (Fsp3) is 0.786. The van der Waals surface area contributed by atoms with E-state index in [2.05, 4.69) is 26.2 Å². The van der Waals surface area contributed by atoms with Crippen LogP contribution in [0.15, 0.2) is 12.7 Å². The van der Waals surface area contributed by atoms with Crippen molar-refractivity contribution in [1.82, 2.24) is 0 Å². The Hall–Kier alpha value is -0.373. The second kappa shape index (κ2) is 5.81. The van der Waals surface area contributed by atoms with Gasteiger partial charge in [-0.05, 0) is 24.7 Å². The molecule has 0 aromatic carbocycles. The Kier molecular flexibility index (Phi) is 4.97. The van der Waals surface area contributed by atoms with Gasteiger partial charge in [0.15, 0.2) is 0 Å². The van der Waals surface area contributed by atoms with Gasteiger partial charge in [0.05, 0.1) is 0 Å². The highest BCUT2D eigenvalue weighted by Crippen LogP contribution is 2.33. The summed E-state index contributed by atoms with van der Waals surface area (Å²) in [5, 5.41) is 0.517. The minimum Gasteiger partial charge on any atom is -0.305 e. The van der Waals surface area contributed by atoms with Gasteiger partial charge in [0, 0.05) is 6.42 Å². The molecule has 92 valence electrons. The Balaban J connectivity index is 2.54. The maximum atomic E-state index is 12.1. The van der Waals surface area contributed by atoms with Gasteiger partial charge in [-0.15, -0.1) is 6.58 Å². The van der Waals surface area contributed by atoms with Crippen LogP contribution in [0.2, 0.25) is 19.6 Å². The van der Waals surface area contributed by atoms with Crippen LogP contribution < -0.4 is 0 Å². The third-order valence-electron chi connectivity index (χ3n) is 3.82. The predicted octanol–water partition coefficient (Wildman–Crippen LogP) is 4.21. The SMILES string of the molecule is C=C[C@H](CC(=O)[Si](C)(C)C)C1CCCCC1. The maximum Gasteiger partial charge on any atom is 0.123 e. The lowest BCUT2D eigenvalue weighted by molar-refractivity contribution is -0.113. The molecule has 1 fully saturated rings. The molecule has 1 rings (SSSR count). The van der Waals surface area contributed by atoms with Crippen LogP contribution in [0, 0.1) is 11.8 Å². The van der Waals surface area contributed by atoms with E-state index in [0.717, 1.165) is 12.3 Å². The zero-order chi connectivity index (χ0) is 12.2. The minimum atomic E-state index is -1.59. The number of carbonyl (C=O) groups excluding carboxylic acids is 1. The van der Waals surface area contributed by atoms with Crippen LogP contribution in [0.5, 0.6) is 0 Å². The van der Waals surface area contributed by atoms with E-state index in [1.54, 1.807) is 0 Å². The first-order chi connectivity index (χ1) is 7.45. The molecule has 0 aliphatic heterocycles. The molecule has 0 unspecified atom stereocenters. The fourth-order valence-corrected chi connectivity index (χ4v) is 3.37. The van der Waals surface area contributed by atoms with Crippen molar-refractivity contribution in [1.29, 1.82) is 0 Å². The van der Waals surface area contributed by atoms with Gasteiger partial charge in [0.2, 0.25) is 0 Å². The molecular formula is C14H26OSi. The number of rotatable bonds is 5. The lowest BCUT2D eigenvalue weighted by Crippen LogP contribution is -2.35. The van der Waals surface area contributed by atoms with Crippen molar-refractivity contribution in [2.24, 2.45) is 11.8 Å². The van der Waals surface area contributed by atoms with Crippen LogP contribution in [0.3, 0.4) is 0 Å². The smallest absolute Gasteiger partial charge is 0.123 e. The molecule has 16 heavy (non-hydrogen) atoms. The highest BCUT2D eigenvalue weighted by molar-refractivity contribution is 7.03. The molecule has 0 bridgehead atoms. The largest absolute Gasteiger partial charge is 0.305 e. The molecule has 1 atom stereocenters. The first kappa shape index (κ1) is 13.7. The van der Waals surface area contributed by atoms with E-state index in [1.807, 2.05) is 6.08 Å². The van der Waals surface area contributed by atoms with Crippen molar-refractivity contribution in [3.8, 4) is 0 Å². The summed E-state index contributed by atoms with van der Waals surface area (Å²) in [6.07, 6.45) is 9.46. The third-order valence-corrected chi connectivity index (χ3v) is 5.69. The second-order valence-electron chi connectivity index (χ2n) is 6.17. The lowest BCUT2D eigenvalue weighted by Gasteiger charge is -2.29. The van der Waals surface area contributed by atoms with Gasteiger partial charge in [0.25, 0.3) is 0 Å². The van der Waals surface area contributed by atoms with Gasteiger partial charge in [-0.1, -0.05) is 45.0 Å². The summed E-state index contributed by atoms with van der Waals surface area (Å²) < 4.78 is 0. The van der Waals surface area contributed by atoms with E-state index in [0.29, 0.717) is 11.3 Å². The zero-order valence-electron chi connectivity index (χ0n) is 11.1.